The van der Waals surface area contributed by atoms with E-state index in [1.165, 1.54) is 5.56 Å². The topological polar surface area (TPSA) is 50.1 Å². The highest BCUT2D eigenvalue weighted by atomic mass is 16.3. The monoisotopic (exact) mass is 211 g/mol. The van der Waals surface area contributed by atoms with Gasteiger partial charge in [0.05, 0.1) is 12.3 Å². The van der Waals surface area contributed by atoms with Gasteiger partial charge in [-0.3, -0.25) is 4.68 Å². The van der Waals surface area contributed by atoms with Crippen molar-refractivity contribution in [3.05, 3.63) is 17.5 Å². The van der Waals surface area contributed by atoms with E-state index < -0.39 is 0 Å². The van der Waals surface area contributed by atoms with Crippen LogP contribution in [0.1, 0.15) is 37.9 Å². The Morgan fingerprint density at radius 2 is 2.13 bits per heavy atom. The highest BCUT2D eigenvalue weighted by molar-refractivity contribution is 5.20. The second-order valence-corrected chi connectivity index (χ2v) is 4.33. The van der Waals surface area contributed by atoms with Crippen LogP contribution < -0.4 is 5.32 Å². The molecule has 0 radical (unpaired) electrons. The fourth-order valence-electron chi connectivity index (χ4n) is 1.53. The molecule has 0 fully saturated rings. The van der Waals surface area contributed by atoms with Gasteiger partial charge in [-0.05, 0) is 12.8 Å². The molecule has 15 heavy (non-hydrogen) atoms. The van der Waals surface area contributed by atoms with Crippen molar-refractivity contribution in [2.45, 2.75) is 39.3 Å². The molecule has 0 spiro atoms. The van der Waals surface area contributed by atoms with Crippen LogP contribution in [0.4, 0.5) is 0 Å². The van der Waals surface area contributed by atoms with Crippen molar-refractivity contribution < 1.29 is 5.11 Å². The maximum absolute atomic E-state index is 8.91. The maximum atomic E-state index is 8.91. The van der Waals surface area contributed by atoms with E-state index in [9.17, 15) is 0 Å². The Hall–Kier alpha value is -0.870. The van der Waals surface area contributed by atoms with Crippen molar-refractivity contribution in [1.82, 2.24) is 15.1 Å². The van der Waals surface area contributed by atoms with Gasteiger partial charge in [-0.2, -0.15) is 5.10 Å². The summed E-state index contributed by atoms with van der Waals surface area (Å²) in [5, 5.41) is 16.6. The Bertz CT molecular complexity index is 307. The summed E-state index contributed by atoms with van der Waals surface area (Å²) in [5.41, 5.74) is 2.35. The third-order valence-corrected chi connectivity index (χ3v) is 2.40. The minimum absolute atomic E-state index is 0.130. The van der Waals surface area contributed by atoms with Gasteiger partial charge in [0, 0.05) is 31.4 Å². The number of aromatic nitrogens is 2. The molecule has 1 rings (SSSR count). The first-order valence-electron chi connectivity index (χ1n) is 5.41. The molecule has 0 saturated carbocycles. The largest absolute Gasteiger partial charge is 0.395 e. The van der Waals surface area contributed by atoms with Crippen molar-refractivity contribution in [2.75, 3.05) is 6.61 Å². The van der Waals surface area contributed by atoms with Crippen molar-refractivity contribution in [3.63, 3.8) is 0 Å². The number of nitrogens with one attached hydrogen (secondary N) is 1. The standard InChI is InChI=1S/C11H21N3O/c1-8(2)11-10(6-14(4)13-11)5-12-9(3)7-15/h6,8-9,12,15H,5,7H2,1-4H3/t9-/m1/s1. The number of aryl methyl sites for hydroxylation is 1. The van der Waals surface area contributed by atoms with Gasteiger partial charge >= 0.3 is 0 Å². The molecular formula is C11H21N3O. The average molecular weight is 211 g/mol. The zero-order valence-corrected chi connectivity index (χ0v) is 9.99. The molecule has 86 valence electrons. The number of aliphatic hydroxyl groups is 1. The molecule has 1 aromatic rings. The van der Waals surface area contributed by atoms with Crippen LogP contribution in [0.25, 0.3) is 0 Å². The van der Waals surface area contributed by atoms with Crippen LogP contribution in [0, 0.1) is 0 Å². The average Bonchev–Trinajstić information content (AvgIpc) is 2.56. The lowest BCUT2D eigenvalue weighted by molar-refractivity contribution is 0.251. The van der Waals surface area contributed by atoms with E-state index in [0.717, 1.165) is 12.2 Å². The Morgan fingerprint density at radius 1 is 1.47 bits per heavy atom. The number of nitrogens with zero attached hydrogens (tertiary/aromatic N) is 2. The first-order chi connectivity index (χ1) is 7.04. The van der Waals surface area contributed by atoms with Crippen LogP contribution in [0.5, 0.6) is 0 Å². The van der Waals surface area contributed by atoms with Gasteiger partial charge in [-0.25, -0.2) is 0 Å². The van der Waals surface area contributed by atoms with Gasteiger partial charge in [-0.15, -0.1) is 0 Å². The molecule has 0 unspecified atom stereocenters. The predicted octanol–water partition coefficient (Wildman–Crippen LogP) is 1.01. The molecule has 1 heterocycles. The second-order valence-electron chi connectivity index (χ2n) is 4.33. The Morgan fingerprint density at radius 3 is 2.67 bits per heavy atom. The molecule has 0 bridgehead atoms. The smallest absolute Gasteiger partial charge is 0.0694 e. The first kappa shape index (κ1) is 12.2. The predicted molar refractivity (Wildman–Crippen MR) is 60.7 cm³/mol. The molecule has 1 atom stereocenters. The molecule has 0 aliphatic heterocycles. The highest BCUT2D eigenvalue weighted by Crippen LogP contribution is 2.16. The van der Waals surface area contributed by atoms with E-state index >= 15 is 0 Å². The maximum Gasteiger partial charge on any atom is 0.0694 e. The van der Waals surface area contributed by atoms with Gasteiger partial charge in [0.2, 0.25) is 0 Å². The summed E-state index contributed by atoms with van der Waals surface area (Å²) in [6.07, 6.45) is 2.03. The van der Waals surface area contributed by atoms with E-state index in [1.807, 2.05) is 24.9 Å². The zero-order chi connectivity index (χ0) is 11.4. The number of hydrogen-bond acceptors (Lipinski definition) is 3. The van der Waals surface area contributed by atoms with E-state index in [0.29, 0.717) is 5.92 Å². The van der Waals surface area contributed by atoms with Crippen LogP contribution in [0.2, 0.25) is 0 Å². The van der Waals surface area contributed by atoms with Crippen molar-refractivity contribution in [1.29, 1.82) is 0 Å². The van der Waals surface area contributed by atoms with Gasteiger partial charge in [0.15, 0.2) is 0 Å². The molecule has 0 amide bonds. The molecule has 4 heteroatoms. The van der Waals surface area contributed by atoms with E-state index in [-0.39, 0.29) is 12.6 Å². The number of hydrogen-bond donors (Lipinski definition) is 2. The summed E-state index contributed by atoms with van der Waals surface area (Å²) in [7, 11) is 1.94. The fraction of sp³-hybridized carbons (Fsp3) is 0.727. The third-order valence-electron chi connectivity index (χ3n) is 2.40. The molecule has 4 nitrogen and oxygen atoms in total. The second kappa shape index (κ2) is 5.28. The lowest BCUT2D eigenvalue weighted by Gasteiger charge is -2.11. The lowest BCUT2D eigenvalue weighted by atomic mass is 10.1. The third kappa shape index (κ3) is 3.32. The van der Waals surface area contributed by atoms with E-state index in [2.05, 4.69) is 24.3 Å². The summed E-state index contributed by atoms with van der Waals surface area (Å²) < 4.78 is 1.84. The Labute approximate surface area is 91.3 Å². The SMILES string of the molecule is CC(C)c1nn(C)cc1CN[C@H](C)CO. The van der Waals surface area contributed by atoms with E-state index in [4.69, 9.17) is 5.11 Å². The number of aliphatic hydroxyl groups excluding tert-OH is 1. The number of rotatable bonds is 5. The van der Waals surface area contributed by atoms with Gasteiger partial charge in [-0.1, -0.05) is 13.8 Å². The van der Waals surface area contributed by atoms with Crippen LogP contribution in [-0.2, 0) is 13.6 Å². The van der Waals surface area contributed by atoms with Gasteiger partial charge in [0.25, 0.3) is 0 Å². The van der Waals surface area contributed by atoms with Crippen LogP contribution in [-0.4, -0.2) is 27.5 Å². The molecule has 1 aromatic heterocycles. The fourth-order valence-corrected chi connectivity index (χ4v) is 1.53. The summed E-state index contributed by atoms with van der Waals surface area (Å²) >= 11 is 0. The van der Waals surface area contributed by atoms with Gasteiger partial charge in [0.1, 0.15) is 0 Å². The van der Waals surface area contributed by atoms with Crippen LogP contribution in [0.15, 0.2) is 6.20 Å². The molecular weight excluding hydrogens is 190 g/mol. The Kier molecular flexibility index (Phi) is 4.29. The Balaban J connectivity index is 2.67. The quantitative estimate of drug-likeness (QED) is 0.764. The van der Waals surface area contributed by atoms with Crippen molar-refractivity contribution in [3.8, 4) is 0 Å². The van der Waals surface area contributed by atoms with Crippen molar-refractivity contribution >= 4 is 0 Å². The normalized spacial score (nSPS) is 13.5. The molecule has 0 aromatic carbocycles. The molecule has 0 aliphatic rings. The summed E-state index contributed by atoms with van der Waals surface area (Å²) in [6, 6.07) is 0.130. The molecule has 0 saturated heterocycles. The lowest BCUT2D eigenvalue weighted by Crippen LogP contribution is -2.28. The minimum atomic E-state index is 0.130. The van der Waals surface area contributed by atoms with Crippen LogP contribution >= 0.6 is 0 Å². The summed E-state index contributed by atoms with van der Waals surface area (Å²) in [4.78, 5) is 0. The zero-order valence-electron chi connectivity index (χ0n) is 9.99. The van der Waals surface area contributed by atoms with Gasteiger partial charge < -0.3 is 10.4 Å². The van der Waals surface area contributed by atoms with E-state index in [1.54, 1.807) is 0 Å². The molecule has 2 N–H and O–H groups in total. The van der Waals surface area contributed by atoms with Crippen LogP contribution in [0.3, 0.4) is 0 Å². The summed E-state index contributed by atoms with van der Waals surface area (Å²) in [6.45, 7) is 7.17. The first-order valence-corrected chi connectivity index (χ1v) is 5.41. The van der Waals surface area contributed by atoms with Crippen molar-refractivity contribution in [2.24, 2.45) is 7.05 Å². The highest BCUT2D eigenvalue weighted by Gasteiger charge is 2.11. The summed E-state index contributed by atoms with van der Waals surface area (Å²) in [5.74, 6) is 0.437. The minimum Gasteiger partial charge on any atom is -0.395 e. The molecule has 0 aliphatic carbocycles.